The fourth-order valence-electron chi connectivity index (χ4n) is 3.36. The molecule has 4 nitrogen and oxygen atoms in total. The molecule has 0 aliphatic heterocycles. The molecule has 0 aliphatic rings. The predicted octanol–water partition coefficient (Wildman–Crippen LogP) is 6.13. The van der Waals surface area contributed by atoms with Crippen molar-refractivity contribution in [2.45, 2.75) is 31.8 Å². The van der Waals surface area contributed by atoms with E-state index in [2.05, 4.69) is 49.3 Å². The normalized spacial score (nSPS) is 11.3. The number of rotatable bonds is 6. The number of pyridine rings is 2. The van der Waals surface area contributed by atoms with Crippen molar-refractivity contribution in [1.82, 2.24) is 14.6 Å². The monoisotopic (exact) mass is 406 g/mol. The second-order valence-electron chi connectivity index (χ2n) is 7.05. The van der Waals surface area contributed by atoms with Gasteiger partial charge in [-0.05, 0) is 73.7 Å². The van der Waals surface area contributed by atoms with Crippen LogP contribution < -0.4 is 5.32 Å². The summed E-state index contributed by atoms with van der Waals surface area (Å²) in [6, 6.07) is 17.0. The first-order chi connectivity index (χ1) is 14.1. The Labute approximate surface area is 174 Å². The van der Waals surface area contributed by atoms with Crippen molar-refractivity contribution in [2.24, 2.45) is 0 Å². The Bertz CT molecular complexity index is 1140. The molecule has 3 aromatic heterocycles. The molecule has 1 aromatic carbocycles. The second-order valence-corrected chi connectivity index (χ2v) is 8.34. The maximum atomic E-state index is 13.5. The Morgan fingerprint density at radius 2 is 1.86 bits per heavy atom. The van der Waals surface area contributed by atoms with Crippen molar-refractivity contribution in [3.63, 3.8) is 0 Å². The molecule has 29 heavy (non-hydrogen) atoms. The van der Waals surface area contributed by atoms with Crippen LogP contribution in [0.5, 0.6) is 0 Å². The molecule has 0 aliphatic carbocycles. The van der Waals surface area contributed by atoms with E-state index < -0.39 is 0 Å². The van der Waals surface area contributed by atoms with Crippen LogP contribution in [0.4, 0.5) is 10.2 Å². The molecule has 6 heteroatoms. The van der Waals surface area contributed by atoms with Crippen LogP contribution in [-0.4, -0.2) is 26.4 Å². The lowest BCUT2D eigenvalue weighted by atomic mass is 10.0. The molecule has 0 bridgehead atoms. The fraction of sp³-hybridized carbons (Fsp3) is 0.217. The summed E-state index contributed by atoms with van der Waals surface area (Å²) in [5.74, 6) is 1.52. The highest BCUT2D eigenvalue weighted by Gasteiger charge is 2.18. The molecule has 0 saturated heterocycles. The first-order valence-corrected chi connectivity index (χ1v) is 10.7. The van der Waals surface area contributed by atoms with Gasteiger partial charge in [-0.2, -0.15) is 5.10 Å². The number of anilines is 1. The highest BCUT2D eigenvalue weighted by molar-refractivity contribution is 7.99. The molecule has 0 spiro atoms. The fourth-order valence-corrected chi connectivity index (χ4v) is 4.09. The standard InChI is InChI=1S/C23H23FN4S/c1-4-29-21-7-5-6-19-22(17-12-13-25-20(14-17)26-15(2)3)23(27-28(19)21)16-8-10-18(24)11-9-16/h5-15H,4H2,1-3H3,(H,25,26). The van der Waals surface area contributed by atoms with Crippen molar-refractivity contribution < 1.29 is 4.39 Å². The number of hydrogen-bond acceptors (Lipinski definition) is 4. The van der Waals surface area contributed by atoms with E-state index in [1.807, 2.05) is 22.8 Å². The molecular weight excluding hydrogens is 383 g/mol. The third kappa shape index (κ3) is 3.98. The SMILES string of the molecule is CCSc1cccc2c(-c3ccnc(NC(C)C)c3)c(-c3ccc(F)cc3)nn12. The molecule has 148 valence electrons. The number of aromatic nitrogens is 3. The van der Waals surface area contributed by atoms with Crippen LogP contribution >= 0.6 is 11.8 Å². The van der Waals surface area contributed by atoms with Crippen LogP contribution in [0.15, 0.2) is 65.8 Å². The highest BCUT2D eigenvalue weighted by Crippen LogP contribution is 2.37. The van der Waals surface area contributed by atoms with E-state index in [1.54, 1.807) is 23.9 Å². The minimum absolute atomic E-state index is 0.256. The van der Waals surface area contributed by atoms with Gasteiger partial charge in [0.1, 0.15) is 17.3 Å². The summed E-state index contributed by atoms with van der Waals surface area (Å²) in [6.07, 6.45) is 1.81. The van der Waals surface area contributed by atoms with Gasteiger partial charge in [-0.3, -0.25) is 0 Å². The summed E-state index contributed by atoms with van der Waals surface area (Å²) in [4.78, 5) is 4.44. The Morgan fingerprint density at radius 1 is 1.07 bits per heavy atom. The Kier molecular flexibility index (Phi) is 5.53. The lowest BCUT2D eigenvalue weighted by molar-refractivity contribution is 0.628. The zero-order chi connectivity index (χ0) is 20.4. The van der Waals surface area contributed by atoms with Crippen molar-refractivity contribution in [1.29, 1.82) is 0 Å². The molecule has 4 aromatic rings. The number of halogens is 1. The summed E-state index contributed by atoms with van der Waals surface area (Å²) in [5.41, 5.74) is 4.77. The van der Waals surface area contributed by atoms with E-state index in [0.29, 0.717) is 0 Å². The number of benzene rings is 1. The predicted molar refractivity (Wildman–Crippen MR) is 119 cm³/mol. The highest BCUT2D eigenvalue weighted by atomic mass is 32.2. The topological polar surface area (TPSA) is 42.2 Å². The van der Waals surface area contributed by atoms with E-state index in [1.165, 1.54) is 12.1 Å². The molecule has 3 heterocycles. The molecule has 0 amide bonds. The van der Waals surface area contributed by atoms with Crippen LogP contribution in [-0.2, 0) is 0 Å². The third-order valence-electron chi connectivity index (χ3n) is 4.52. The lowest BCUT2D eigenvalue weighted by Gasteiger charge is -2.11. The largest absolute Gasteiger partial charge is 0.368 e. The molecule has 0 radical (unpaired) electrons. The maximum absolute atomic E-state index is 13.5. The quantitative estimate of drug-likeness (QED) is 0.391. The molecule has 0 atom stereocenters. The van der Waals surface area contributed by atoms with Gasteiger partial charge in [-0.1, -0.05) is 13.0 Å². The van der Waals surface area contributed by atoms with E-state index >= 15 is 0 Å². The van der Waals surface area contributed by atoms with Crippen molar-refractivity contribution in [2.75, 3.05) is 11.1 Å². The third-order valence-corrected chi connectivity index (χ3v) is 5.41. The summed E-state index contributed by atoms with van der Waals surface area (Å²) in [7, 11) is 0. The second kappa shape index (κ2) is 8.25. The number of nitrogens with one attached hydrogen (secondary N) is 1. The van der Waals surface area contributed by atoms with Gasteiger partial charge in [0.05, 0.1) is 10.5 Å². The van der Waals surface area contributed by atoms with Gasteiger partial charge < -0.3 is 5.32 Å². The smallest absolute Gasteiger partial charge is 0.126 e. The minimum atomic E-state index is -0.256. The van der Waals surface area contributed by atoms with Crippen LogP contribution in [0.3, 0.4) is 0 Å². The van der Waals surface area contributed by atoms with Gasteiger partial charge in [0.25, 0.3) is 0 Å². The van der Waals surface area contributed by atoms with Crippen LogP contribution in [0.1, 0.15) is 20.8 Å². The summed E-state index contributed by atoms with van der Waals surface area (Å²) < 4.78 is 15.5. The van der Waals surface area contributed by atoms with E-state index in [-0.39, 0.29) is 11.9 Å². The van der Waals surface area contributed by atoms with Crippen molar-refractivity contribution >= 4 is 23.1 Å². The number of fused-ring (bicyclic) bond motifs is 1. The number of thioether (sulfide) groups is 1. The first kappa shape index (κ1) is 19.5. The van der Waals surface area contributed by atoms with Crippen LogP contribution in [0.2, 0.25) is 0 Å². The Morgan fingerprint density at radius 3 is 2.59 bits per heavy atom. The number of nitrogens with zero attached hydrogens (tertiary/aromatic N) is 3. The van der Waals surface area contributed by atoms with Gasteiger partial charge in [-0.25, -0.2) is 13.9 Å². The lowest BCUT2D eigenvalue weighted by Crippen LogP contribution is -2.10. The maximum Gasteiger partial charge on any atom is 0.126 e. The molecule has 0 saturated carbocycles. The molecular formula is C23H23FN4S. The van der Waals surface area contributed by atoms with E-state index in [4.69, 9.17) is 5.10 Å². The molecule has 0 unspecified atom stereocenters. The minimum Gasteiger partial charge on any atom is -0.368 e. The van der Waals surface area contributed by atoms with Gasteiger partial charge in [-0.15, -0.1) is 11.8 Å². The summed E-state index contributed by atoms with van der Waals surface area (Å²) in [5, 5.41) is 9.37. The van der Waals surface area contributed by atoms with E-state index in [0.717, 1.165) is 44.5 Å². The van der Waals surface area contributed by atoms with Gasteiger partial charge in [0, 0.05) is 23.4 Å². The average molecular weight is 407 g/mol. The average Bonchev–Trinajstić information content (AvgIpc) is 3.09. The van der Waals surface area contributed by atoms with Crippen LogP contribution in [0.25, 0.3) is 27.9 Å². The van der Waals surface area contributed by atoms with E-state index in [9.17, 15) is 4.39 Å². The van der Waals surface area contributed by atoms with Gasteiger partial charge in [0.2, 0.25) is 0 Å². The van der Waals surface area contributed by atoms with Gasteiger partial charge >= 0.3 is 0 Å². The summed E-state index contributed by atoms with van der Waals surface area (Å²) >= 11 is 1.75. The molecule has 4 rings (SSSR count). The number of hydrogen-bond donors (Lipinski definition) is 1. The first-order valence-electron chi connectivity index (χ1n) is 9.70. The van der Waals surface area contributed by atoms with Crippen molar-refractivity contribution in [3.8, 4) is 22.4 Å². The summed E-state index contributed by atoms with van der Waals surface area (Å²) in [6.45, 7) is 6.30. The zero-order valence-corrected chi connectivity index (χ0v) is 17.5. The Hall–Kier alpha value is -2.86. The Balaban J connectivity index is 1.97. The molecule has 0 fully saturated rings. The zero-order valence-electron chi connectivity index (χ0n) is 16.7. The van der Waals surface area contributed by atoms with Crippen LogP contribution in [0, 0.1) is 5.82 Å². The van der Waals surface area contributed by atoms with Gasteiger partial charge in [0.15, 0.2) is 0 Å². The van der Waals surface area contributed by atoms with Crippen molar-refractivity contribution in [3.05, 3.63) is 66.6 Å². The molecule has 1 N–H and O–H groups in total.